The van der Waals surface area contributed by atoms with Gasteiger partial charge >= 0.3 is 5.97 Å². The average Bonchev–Trinajstić information content (AvgIpc) is 3.09. The summed E-state index contributed by atoms with van der Waals surface area (Å²) in [4.78, 5) is 15.4. The molecule has 110 valence electrons. The van der Waals surface area contributed by atoms with E-state index in [0.29, 0.717) is 24.6 Å². The lowest BCUT2D eigenvalue weighted by atomic mass is 10.1. The fourth-order valence-electron chi connectivity index (χ4n) is 2.68. The Kier molecular flexibility index (Phi) is 3.80. The first-order valence-corrected chi connectivity index (χ1v) is 7.67. The van der Waals surface area contributed by atoms with E-state index >= 15 is 0 Å². The Balaban J connectivity index is 1.80. The fourth-order valence-corrected chi connectivity index (χ4v) is 3.06. The largest absolute Gasteiger partial charge is 0.481 e. The lowest BCUT2D eigenvalue weighted by Gasteiger charge is -2.02. The summed E-state index contributed by atoms with van der Waals surface area (Å²) in [5.41, 5.74) is 2.03. The average molecular weight is 351 g/mol. The van der Waals surface area contributed by atoms with Crippen molar-refractivity contribution >= 4 is 21.9 Å². The van der Waals surface area contributed by atoms with Crippen LogP contribution in [0.1, 0.15) is 36.6 Å². The number of aliphatic carboxylic acids is 1. The van der Waals surface area contributed by atoms with Crippen LogP contribution in [0.25, 0.3) is 11.4 Å². The number of carboxylic acid groups (broad SMARTS) is 1. The second kappa shape index (κ2) is 5.60. The zero-order chi connectivity index (χ0) is 15.0. The molecule has 3 rings (SSSR count). The Morgan fingerprint density at radius 3 is 2.90 bits per heavy atom. The minimum Gasteiger partial charge on any atom is -0.481 e. The van der Waals surface area contributed by atoms with Crippen molar-refractivity contribution < 1.29 is 14.4 Å². The van der Waals surface area contributed by atoms with Crippen LogP contribution >= 0.6 is 15.9 Å². The summed E-state index contributed by atoms with van der Waals surface area (Å²) in [6, 6.07) is 5.90. The molecule has 1 aliphatic rings. The van der Waals surface area contributed by atoms with Gasteiger partial charge in [-0.1, -0.05) is 33.2 Å². The third-order valence-electron chi connectivity index (χ3n) is 4.00. The van der Waals surface area contributed by atoms with Gasteiger partial charge in [0.2, 0.25) is 11.7 Å². The third kappa shape index (κ3) is 2.85. The van der Waals surface area contributed by atoms with E-state index in [9.17, 15) is 4.79 Å². The molecule has 0 aliphatic heterocycles. The van der Waals surface area contributed by atoms with Gasteiger partial charge < -0.3 is 9.63 Å². The Labute approximate surface area is 130 Å². The summed E-state index contributed by atoms with van der Waals surface area (Å²) in [5.74, 6) is 0.120. The highest BCUT2D eigenvalue weighted by Gasteiger charge is 2.33. The molecule has 0 saturated heterocycles. The van der Waals surface area contributed by atoms with Crippen LogP contribution in [0.5, 0.6) is 0 Å². The van der Waals surface area contributed by atoms with Crippen LogP contribution in [-0.4, -0.2) is 21.2 Å². The van der Waals surface area contributed by atoms with Crippen molar-refractivity contribution in [2.75, 3.05) is 0 Å². The quantitative estimate of drug-likeness (QED) is 0.911. The lowest BCUT2D eigenvalue weighted by molar-refractivity contribution is -0.141. The summed E-state index contributed by atoms with van der Waals surface area (Å²) in [6.07, 6.45) is 2.04. The van der Waals surface area contributed by atoms with Gasteiger partial charge in [-0.15, -0.1) is 0 Å². The van der Waals surface area contributed by atoms with Gasteiger partial charge in [-0.2, -0.15) is 4.98 Å². The zero-order valence-electron chi connectivity index (χ0n) is 11.5. The highest BCUT2D eigenvalue weighted by molar-refractivity contribution is 9.10. The van der Waals surface area contributed by atoms with Crippen molar-refractivity contribution in [1.29, 1.82) is 0 Å². The maximum Gasteiger partial charge on any atom is 0.306 e. The number of hydrogen-bond acceptors (Lipinski definition) is 4. The van der Waals surface area contributed by atoms with Gasteiger partial charge in [0.05, 0.1) is 5.92 Å². The van der Waals surface area contributed by atoms with E-state index in [-0.39, 0.29) is 11.8 Å². The van der Waals surface area contributed by atoms with Crippen LogP contribution < -0.4 is 0 Å². The number of aryl methyl sites for hydroxylation is 1. The highest BCUT2D eigenvalue weighted by Crippen LogP contribution is 2.38. The van der Waals surface area contributed by atoms with Gasteiger partial charge in [-0.3, -0.25) is 4.79 Å². The van der Waals surface area contributed by atoms with Crippen molar-refractivity contribution in [3.05, 3.63) is 34.1 Å². The second-order valence-corrected chi connectivity index (χ2v) is 6.32. The molecular formula is C15H15BrN2O3. The van der Waals surface area contributed by atoms with Crippen LogP contribution in [0.15, 0.2) is 27.2 Å². The van der Waals surface area contributed by atoms with Gasteiger partial charge in [0, 0.05) is 16.0 Å². The van der Waals surface area contributed by atoms with E-state index < -0.39 is 5.97 Å². The number of aromatic nitrogens is 2. The number of hydrogen-bond donors (Lipinski definition) is 1. The summed E-state index contributed by atoms with van der Waals surface area (Å²) in [5, 5.41) is 13.1. The van der Waals surface area contributed by atoms with E-state index in [1.165, 1.54) is 0 Å². The SMILES string of the molecule is Cc1ccc(-c2noc(C3CCC(C(=O)O)C3)n2)cc1Br. The molecule has 2 aromatic rings. The molecule has 0 radical (unpaired) electrons. The van der Waals surface area contributed by atoms with E-state index in [4.69, 9.17) is 9.63 Å². The number of rotatable bonds is 3. The predicted octanol–water partition coefficient (Wildman–Crippen LogP) is 3.78. The maximum absolute atomic E-state index is 11.0. The van der Waals surface area contributed by atoms with E-state index in [1.54, 1.807) is 0 Å². The molecule has 0 spiro atoms. The molecule has 0 amide bonds. The summed E-state index contributed by atoms with van der Waals surface area (Å²) < 4.78 is 6.33. The van der Waals surface area contributed by atoms with Gasteiger partial charge in [0.25, 0.3) is 0 Å². The number of carbonyl (C=O) groups is 1. The van der Waals surface area contributed by atoms with Crippen molar-refractivity contribution in [1.82, 2.24) is 10.1 Å². The third-order valence-corrected chi connectivity index (χ3v) is 4.86. The van der Waals surface area contributed by atoms with E-state index in [1.807, 2.05) is 25.1 Å². The number of halogens is 1. The highest BCUT2D eigenvalue weighted by atomic mass is 79.9. The van der Waals surface area contributed by atoms with Crippen molar-refractivity contribution in [3.63, 3.8) is 0 Å². The summed E-state index contributed by atoms with van der Waals surface area (Å²) in [6.45, 7) is 2.01. The van der Waals surface area contributed by atoms with Crippen LogP contribution in [0.2, 0.25) is 0 Å². The molecule has 1 aliphatic carbocycles. The molecule has 1 saturated carbocycles. The molecule has 1 fully saturated rings. The molecule has 1 N–H and O–H groups in total. The molecule has 5 nitrogen and oxygen atoms in total. The zero-order valence-corrected chi connectivity index (χ0v) is 13.1. The lowest BCUT2D eigenvalue weighted by Crippen LogP contribution is -2.09. The second-order valence-electron chi connectivity index (χ2n) is 5.47. The van der Waals surface area contributed by atoms with Gasteiger partial charge in [-0.25, -0.2) is 0 Å². The molecular weight excluding hydrogens is 336 g/mol. The molecule has 1 aromatic heterocycles. The Bertz CT molecular complexity index is 683. The number of benzene rings is 1. The van der Waals surface area contributed by atoms with Gasteiger partial charge in [0.1, 0.15) is 0 Å². The number of carboxylic acids is 1. The van der Waals surface area contributed by atoms with Crippen molar-refractivity contribution in [3.8, 4) is 11.4 Å². The topological polar surface area (TPSA) is 76.2 Å². The Morgan fingerprint density at radius 2 is 2.24 bits per heavy atom. The monoisotopic (exact) mass is 350 g/mol. The smallest absolute Gasteiger partial charge is 0.306 e. The van der Waals surface area contributed by atoms with E-state index in [0.717, 1.165) is 22.0 Å². The minimum atomic E-state index is -0.736. The first-order chi connectivity index (χ1) is 10.0. The van der Waals surface area contributed by atoms with Gasteiger partial charge in [0.15, 0.2) is 0 Å². The first-order valence-electron chi connectivity index (χ1n) is 6.87. The molecule has 0 bridgehead atoms. The first kappa shape index (κ1) is 14.3. The summed E-state index contributed by atoms with van der Waals surface area (Å²) >= 11 is 3.49. The Hall–Kier alpha value is -1.69. The van der Waals surface area contributed by atoms with Gasteiger partial charge in [-0.05, 0) is 37.8 Å². The molecule has 21 heavy (non-hydrogen) atoms. The molecule has 2 unspecified atom stereocenters. The fraction of sp³-hybridized carbons (Fsp3) is 0.400. The van der Waals surface area contributed by atoms with Crippen LogP contribution in [0.3, 0.4) is 0 Å². The molecule has 1 aromatic carbocycles. The Morgan fingerprint density at radius 1 is 1.43 bits per heavy atom. The van der Waals surface area contributed by atoms with Crippen LogP contribution in [-0.2, 0) is 4.79 Å². The molecule has 2 atom stereocenters. The van der Waals surface area contributed by atoms with E-state index in [2.05, 4.69) is 26.1 Å². The molecule has 6 heteroatoms. The summed E-state index contributed by atoms with van der Waals surface area (Å²) in [7, 11) is 0. The normalized spacial score (nSPS) is 21.6. The van der Waals surface area contributed by atoms with Crippen molar-refractivity contribution in [2.24, 2.45) is 5.92 Å². The van der Waals surface area contributed by atoms with Crippen LogP contribution in [0, 0.1) is 12.8 Å². The predicted molar refractivity (Wildman–Crippen MR) is 79.9 cm³/mol. The standard InChI is InChI=1S/C15H15BrN2O3/c1-8-2-3-9(7-12(8)16)13-17-14(21-18-13)10-4-5-11(6-10)15(19)20/h2-3,7,10-11H,4-6H2,1H3,(H,19,20). The maximum atomic E-state index is 11.0. The minimum absolute atomic E-state index is 0.0567. The number of nitrogens with zero attached hydrogens (tertiary/aromatic N) is 2. The van der Waals surface area contributed by atoms with Crippen molar-refractivity contribution in [2.45, 2.75) is 32.1 Å². The molecule has 1 heterocycles. The van der Waals surface area contributed by atoms with Crippen LogP contribution in [0.4, 0.5) is 0 Å².